The zero-order valence-corrected chi connectivity index (χ0v) is 21.4. The number of pyridine rings is 1. The third-order valence-corrected chi connectivity index (χ3v) is 5.59. The molecule has 0 aliphatic heterocycles. The number of fused-ring (bicyclic) bond motifs is 1. The highest BCUT2D eigenvalue weighted by atomic mass is 16.5. The third kappa shape index (κ3) is 8.52. The molecule has 2 heterocycles. The van der Waals surface area contributed by atoms with Crippen molar-refractivity contribution in [2.24, 2.45) is 5.73 Å². The Labute approximate surface area is 216 Å². The number of aliphatic hydroxyl groups excluding tert-OH is 1. The lowest BCUT2D eigenvalue weighted by Crippen LogP contribution is -2.51. The molecule has 200 valence electrons. The summed E-state index contributed by atoms with van der Waals surface area (Å²) in [6.07, 6.45) is 1.72. The highest BCUT2D eigenvalue weighted by molar-refractivity contribution is 5.85. The van der Waals surface area contributed by atoms with Crippen molar-refractivity contribution < 1.29 is 24.2 Å². The minimum absolute atomic E-state index is 0.0290. The van der Waals surface area contributed by atoms with Crippen LogP contribution in [0.15, 0.2) is 48.5 Å². The van der Waals surface area contributed by atoms with Gasteiger partial charge in [-0.1, -0.05) is 36.4 Å². The molecule has 0 unspecified atom stereocenters. The van der Waals surface area contributed by atoms with Crippen molar-refractivity contribution in [3.63, 3.8) is 0 Å². The Morgan fingerprint density at radius 1 is 1.05 bits per heavy atom. The van der Waals surface area contributed by atoms with E-state index in [4.69, 9.17) is 20.3 Å². The maximum Gasteiger partial charge on any atom is 0.407 e. The monoisotopic (exact) mass is 512 g/mol. The molecule has 3 aromatic rings. The van der Waals surface area contributed by atoms with Crippen LogP contribution in [0.25, 0.3) is 5.65 Å². The number of hydrogen-bond acceptors (Lipinski definition) is 8. The minimum Gasteiger partial charge on any atom is -0.443 e. The summed E-state index contributed by atoms with van der Waals surface area (Å²) in [5.41, 5.74) is 7.07. The number of unbranched alkanes of at least 4 members (excludes halogenated alkanes) is 2. The minimum atomic E-state index is -1.11. The van der Waals surface area contributed by atoms with Crippen LogP contribution >= 0.6 is 0 Å². The molecule has 5 N–H and O–H groups in total. The maximum atomic E-state index is 12.8. The summed E-state index contributed by atoms with van der Waals surface area (Å²) in [5, 5.41) is 23.0. The molecule has 1 atom stereocenters. The summed E-state index contributed by atoms with van der Waals surface area (Å²) in [6.45, 7) is 4.28. The first kappa shape index (κ1) is 28.0. The highest BCUT2D eigenvalue weighted by Gasteiger charge is 2.28. The van der Waals surface area contributed by atoms with E-state index in [0.29, 0.717) is 36.7 Å². The molecule has 3 rings (SSSR count). The Balaban J connectivity index is 1.75. The van der Waals surface area contributed by atoms with Crippen molar-refractivity contribution in [1.29, 1.82) is 0 Å². The molecule has 0 aliphatic carbocycles. The number of aromatic nitrogens is 3. The van der Waals surface area contributed by atoms with E-state index < -0.39 is 17.7 Å². The van der Waals surface area contributed by atoms with Crippen LogP contribution in [0.5, 0.6) is 0 Å². The second-order valence-electron chi connectivity index (χ2n) is 9.30. The topological polar surface area (TPSA) is 153 Å². The molecule has 11 heteroatoms. The van der Waals surface area contributed by atoms with Gasteiger partial charge in [0.05, 0.1) is 24.4 Å². The highest BCUT2D eigenvalue weighted by Crippen LogP contribution is 2.18. The molecule has 0 fully saturated rings. The Kier molecular flexibility index (Phi) is 10.4. The van der Waals surface area contributed by atoms with Crippen LogP contribution in [-0.2, 0) is 27.5 Å². The Morgan fingerprint density at radius 3 is 2.57 bits per heavy atom. The molecule has 11 nitrogen and oxygen atoms in total. The van der Waals surface area contributed by atoms with Crippen molar-refractivity contribution >= 4 is 17.6 Å². The molecule has 0 saturated heterocycles. The first-order valence-corrected chi connectivity index (χ1v) is 12.4. The molecule has 37 heavy (non-hydrogen) atoms. The second kappa shape index (κ2) is 13.7. The van der Waals surface area contributed by atoms with Gasteiger partial charge in [-0.15, -0.1) is 10.2 Å². The van der Waals surface area contributed by atoms with E-state index >= 15 is 0 Å². The quantitative estimate of drug-likeness (QED) is 0.240. The lowest BCUT2D eigenvalue weighted by molar-refractivity contribution is -0.126. The van der Waals surface area contributed by atoms with Crippen molar-refractivity contribution in [2.75, 3.05) is 19.8 Å². The number of nitrogens with two attached hydrogens (primary N) is 1. The average Bonchev–Trinajstić information content (AvgIpc) is 3.31. The summed E-state index contributed by atoms with van der Waals surface area (Å²) in [7, 11) is 0. The van der Waals surface area contributed by atoms with Gasteiger partial charge in [-0.3, -0.25) is 9.20 Å². The number of ether oxygens (including phenoxy) is 2. The summed E-state index contributed by atoms with van der Waals surface area (Å²) < 4.78 is 13.1. The van der Waals surface area contributed by atoms with Crippen LogP contribution in [-0.4, -0.2) is 57.0 Å². The average molecular weight is 513 g/mol. The zero-order chi connectivity index (χ0) is 26.7. The first-order valence-electron chi connectivity index (χ1n) is 12.4. The van der Waals surface area contributed by atoms with Gasteiger partial charge in [0.15, 0.2) is 11.5 Å². The number of carbonyl (C=O) groups is 2. The van der Waals surface area contributed by atoms with E-state index in [-0.39, 0.29) is 25.7 Å². The SMILES string of the molecule is CC(C)(N)C(=O)N[C@H](COCc1ccccc1)c1nnc2cccc(COC(=O)NCCCCCO)n12. The van der Waals surface area contributed by atoms with Crippen LogP contribution < -0.4 is 16.4 Å². The van der Waals surface area contributed by atoms with Gasteiger partial charge in [0.25, 0.3) is 0 Å². The smallest absolute Gasteiger partial charge is 0.407 e. The van der Waals surface area contributed by atoms with Gasteiger partial charge in [0.1, 0.15) is 12.6 Å². The summed E-state index contributed by atoms with van der Waals surface area (Å²) >= 11 is 0. The van der Waals surface area contributed by atoms with Crippen molar-refractivity contribution in [3.05, 3.63) is 65.6 Å². The summed E-state index contributed by atoms with van der Waals surface area (Å²) in [4.78, 5) is 24.9. The molecular formula is C26H36N6O5. The van der Waals surface area contributed by atoms with Gasteiger partial charge in [-0.25, -0.2) is 4.79 Å². The lowest BCUT2D eigenvalue weighted by atomic mass is 10.1. The number of aliphatic hydroxyl groups is 1. The second-order valence-corrected chi connectivity index (χ2v) is 9.30. The van der Waals surface area contributed by atoms with Crippen LogP contribution in [0.1, 0.15) is 56.2 Å². The predicted octanol–water partition coefficient (Wildman–Crippen LogP) is 2.23. The van der Waals surface area contributed by atoms with Gasteiger partial charge in [0, 0.05) is 13.2 Å². The molecule has 2 amide bonds. The standard InChI is InChI=1S/C26H36N6O5/c1-26(2,27)24(34)29-21(18-36-16-19-10-5-3-6-11-19)23-31-30-22-13-9-12-20(32(22)23)17-37-25(35)28-14-7-4-8-15-33/h3,5-6,9-13,21,33H,4,7-8,14-18,27H2,1-2H3,(H,28,35)(H,29,34)/t21-/m1/s1. The summed E-state index contributed by atoms with van der Waals surface area (Å²) in [6, 6.07) is 14.4. The number of hydrogen-bond donors (Lipinski definition) is 4. The largest absolute Gasteiger partial charge is 0.443 e. The molecule has 0 saturated carbocycles. The van der Waals surface area contributed by atoms with E-state index in [9.17, 15) is 9.59 Å². The Bertz CT molecular complexity index is 1150. The van der Waals surface area contributed by atoms with Gasteiger partial charge in [-0.2, -0.15) is 0 Å². The number of nitrogens with one attached hydrogen (secondary N) is 2. The molecule has 1 aromatic carbocycles. The number of amides is 2. The Morgan fingerprint density at radius 2 is 1.84 bits per heavy atom. The lowest BCUT2D eigenvalue weighted by Gasteiger charge is -2.24. The first-order chi connectivity index (χ1) is 17.8. The van der Waals surface area contributed by atoms with Crippen LogP contribution in [0.3, 0.4) is 0 Å². The number of alkyl carbamates (subject to hydrolysis) is 1. The fourth-order valence-corrected chi connectivity index (χ4v) is 3.56. The van der Waals surface area contributed by atoms with Crippen LogP contribution in [0, 0.1) is 0 Å². The van der Waals surface area contributed by atoms with Crippen LogP contribution in [0.4, 0.5) is 4.79 Å². The number of benzene rings is 1. The molecule has 0 bridgehead atoms. The maximum absolute atomic E-state index is 12.8. The van der Waals surface area contributed by atoms with Crippen molar-refractivity contribution in [3.8, 4) is 0 Å². The number of rotatable bonds is 14. The van der Waals surface area contributed by atoms with E-state index in [1.54, 1.807) is 36.4 Å². The van der Waals surface area contributed by atoms with Gasteiger partial charge in [0.2, 0.25) is 5.91 Å². The molecular weight excluding hydrogens is 476 g/mol. The van der Waals surface area contributed by atoms with E-state index in [1.165, 1.54) is 0 Å². The molecule has 0 aliphatic rings. The normalized spacial score (nSPS) is 12.3. The van der Waals surface area contributed by atoms with Gasteiger partial charge < -0.3 is 30.9 Å². The fraction of sp³-hybridized carbons (Fsp3) is 0.462. The van der Waals surface area contributed by atoms with E-state index in [1.807, 2.05) is 30.3 Å². The summed E-state index contributed by atoms with van der Waals surface area (Å²) in [5.74, 6) is 0.0659. The van der Waals surface area contributed by atoms with Gasteiger partial charge in [-0.05, 0) is 50.8 Å². The number of carbonyl (C=O) groups excluding carboxylic acids is 2. The van der Waals surface area contributed by atoms with Crippen molar-refractivity contribution in [2.45, 2.75) is 57.9 Å². The van der Waals surface area contributed by atoms with E-state index in [0.717, 1.165) is 18.4 Å². The number of nitrogens with zero attached hydrogens (tertiary/aromatic N) is 3. The molecule has 0 spiro atoms. The van der Waals surface area contributed by atoms with Crippen molar-refractivity contribution in [1.82, 2.24) is 25.2 Å². The van der Waals surface area contributed by atoms with Gasteiger partial charge >= 0.3 is 6.09 Å². The third-order valence-electron chi connectivity index (χ3n) is 5.59. The van der Waals surface area contributed by atoms with Crippen LogP contribution in [0.2, 0.25) is 0 Å². The predicted molar refractivity (Wildman–Crippen MR) is 137 cm³/mol. The zero-order valence-electron chi connectivity index (χ0n) is 21.4. The Hall–Kier alpha value is -3.54. The fourth-order valence-electron chi connectivity index (χ4n) is 3.56. The van der Waals surface area contributed by atoms with E-state index in [2.05, 4.69) is 20.8 Å². The molecule has 2 aromatic heterocycles. The molecule has 0 radical (unpaired) electrons.